The predicted octanol–water partition coefficient (Wildman–Crippen LogP) is 1.33. The van der Waals surface area contributed by atoms with Crippen molar-refractivity contribution in [3.05, 3.63) is 0 Å². The summed E-state index contributed by atoms with van der Waals surface area (Å²) >= 11 is 0. The molecule has 0 aromatic rings. The van der Waals surface area contributed by atoms with Crippen molar-refractivity contribution in [3.63, 3.8) is 0 Å². The largest absolute Gasteiger partial charge is 0.480 e. The van der Waals surface area contributed by atoms with Gasteiger partial charge in [0, 0.05) is 25.7 Å². The van der Waals surface area contributed by atoms with Crippen LogP contribution in [0.1, 0.15) is 39.0 Å². The van der Waals surface area contributed by atoms with Crippen LogP contribution in [-0.2, 0) is 9.53 Å². The zero-order valence-electron chi connectivity index (χ0n) is 12.7. The van der Waals surface area contributed by atoms with Crippen LogP contribution in [0.2, 0.25) is 0 Å². The summed E-state index contributed by atoms with van der Waals surface area (Å²) in [6.45, 7) is 5.35. The average Bonchev–Trinajstić information content (AvgIpc) is 3.21. The van der Waals surface area contributed by atoms with Crippen LogP contribution in [0.5, 0.6) is 0 Å². The van der Waals surface area contributed by atoms with E-state index in [0.717, 1.165) is 45.6 Å². The second kappa shape index (κ2) is 6.87. The van der Waals surface area contributed by atoms with Crippen molar-refractivity contribution in [2.75, 3.05) is 33.4 Å². The minimum Gasteiger partial charge on any atom is -0.480 e. The van der Waals surface area contributed by atoms with Gasteiger partial charge in [-0.25, -0.2) is 0 Å². The second-order valence-electron chi connectivity index (χ2n) is 6.65. The van der Waals surface area contributed by atoms with Crippen molar-refractivity contribution in [2.45, 2.75) is 50.6 Å². The van der Waals surface area contributed by atoms with E-state index in [0.29, 0.717) is 18.4 Å². The smallest absolute Gasteiger partial charge is 0.323 e. The SMILES string of the molecule is CN(CCC(C)(NC1CC1)C(=O)O)CC1CCCOC1. The van der Waals surface area contributed by atoms with Gasteiger partial charge in [0.05, 0.1) is 6.61 Å². The molecule has 1 saturated heterocycles. The first-order chi connectivity index (χ1) is 9.49. The number of ether oxygens (including phenoxy) is 1. The van der Waals surface area contributed by atoms with E-state index in [-0.39, 0.29) is 0 Å². The molecule has 5 nitrogen and oxygen atoms in total. The Bertz CT molecular complexity index is 327. The van der Waals surface area contributed by atoms with E-state index < -0.39 is 11.5 Å². The molecule has 1 aliphatic heterocycles. The zero-order valence-corrected chi connectivity index (χ0v) is 12.7. The Kier molecular flexibility index (Phi) is 5.41. The molecular formula is C15H28N2O3. The monoisotopic (exact) mass is 284 g/mol. The molecule has 0 bridgehead atoms. The summed E-state index contributed by atoms with van der Waals surface area (Å²) in [5.74, 6) is -0.139. The molecule has 1 heterocycles. The van der Waals surface area contributed by atoms with Crippen LogP contribution in [-0.4, -0.2) is 60.9 Å². The third kappa shape index (κ3) is 4.72. The van der Waals surface area contributed by atoms with Crippen LogP contribution in [0.4, 0.5) is 0 Å². The van der Waals surface area contributed by atoms with Gasteiger partial charge in [-0.15, -0.1) is 0 Å². The van der Waals surface area contributed by atoms with Gasteiger partial charge in [0.2, 0.25) is 0 Å². The van der Waals surface area contributed by atoms with Crippen molar-refractivity contribution < 1.29 is 14.6 Å². The summed E-state index contributed by atoms with van der Waals surface area (Å²) in [6, 6.07) is 0.410. The second-order valence-corrected chi connectivity index (χ2v) is 6.65. The van der Waals surface area contributed by atoms with Crippen LogP contribution < -0.4 is 5.32 Å². The van der Waals surface area contributed by atoms with Crippen LogP contribution in [0.3, 0.4) is 0 Å². The zero-order chi connectivity index (χ0) is 14.6. The van der Waals surface area contributed by atoms with Crippen LogP contribution in [0.15, 0.2) is 0 Å². The maximum atomic E-state index is 11.5. The van der Waals surface area contributed by atoms with Gasteiger partial charge < -0.3 is 14.7 Å². The summed E-state index contributed by atoms with van der Waals surface area (Å²) in [6.07, 6.45) is 5.23. The van der Waals surface area contributed by atoms with Crippen LogP contribution in [0.25, 0.3) is 0 Å². The van der Waals surface area contributed by atoms with Crippen molar-refractivity contribution in [3.8, 4) is 0 Å². The molecule has 116 valence electrons. The van der Waals surface area contributed by atoms with Gasteiger partial charge in [0.25, 0.3) is 0 Å². The summed E-state index contributed by atoms with van der Waals surface area (Å²) in [7, 11) is 2.08. The highest BCUT2D eigenvalue weighted by Crippen LogP contribution is 2.24. The molecule has 0 amide bonds. The van der Waals surface area contributed by atoms with Gasteiger partial charge in [-0.05, 0) is 52.0 Å². The quantitative estimate of drug-likeness (QED) is 0.704. The average molecular weight is 284 g/mol. The number of rotatable bonds is 8. The van der Waals surface area contributed by atoms with Gasteiger partial charge in [-0.2, -0.15) is 0 Å². The first-order valence-corrected chi connectivity index (χ1v) is 7.77. The normalized spacial score (nSPS) is 26.4. The maximum Gasteiger partial charge on any atom is 0.323 e. The molecule has 2 atom stereocenters. The van der Waals surface area contributed by atoms with E-state index in [9.17, 15) is 9.90 Å². The molecule has 5 heteroatoms. The highest BCUT2D eigenvalue weighted by atomic mass is 16.5. The van der Waals surface area contributed by atoms with Gasteiger partial charge in [0.15, 0.2) is 0 Å². The fourth-order valence-electron chi connectivity index (χ4n) is 2.82. The highest BCUT2D eigenvalue weighted by molar-refractivity contribution is 5.78. The number of hydrogen-bond acceptors (Lipinski definition) is 4. The molecule has 2 rings (SSSR count). The number of nitrogens with zero attached hydrogens (tertiary/aromatic N) is 1. The number of aliphatic carboxylic acids is 1. The number of carboxylic acid groups (broad SMARTS) is 1. The Labute approximate surface area is 121 Å². The molecule has 1 aliphatic carbocycles. The van der Waals surface area contributed by atoms with E-state index in [1.807, 2.05) is 6.92 Å². The number of carbonyl (C=O) groups is 1. The van der Waals surface area contributed by atoms with Gasteiger partial charge in [-0.1, -0.05) is 0 Å². The summed E-state index contributed by atoms with van der Waals surface area (Å²) in [4.78, 5) is 13.7. The lowest BCUT2D eigenvalue weighted by Crippen LogP contribution is -2.52. The molecule has 2 aliphatic rings. The van der Waals surface area contributed by atoms with Crippen LogP contribution in [0, 0.1) is 5.92 Å². The third-order valence-electron chi connectivity index (χ3n) is 4.39. The molecular weight excluding hydrogens is 256 g/mol. The lowest BCUT2D eigenvalue weighted by atomic mass is 9.96. The number of nitrogens with one attached hydrogen (secondary N) is 1. The number of carboxylic acids is 1. The highest BCUT2D eigenvalue weighted by Gasteiger charge is 2.38. The molecule has 2 unspecified atom stereocenters. The Morgan fingerprint density at radius 3 is 2.75 bits per heavy atom. The van der Waals surface area contributed by atoms with E-state index in [1.54, 1.807) is 0 Å². The van der Waals surface area contributed by atoms with Gasteiger partial charge in [-0.3, -0.25) is 10.1 Å². The van der Waals surface area contributed by atoms with Crippen molar-refractivity contribution in [2.24, 2.45) is 5.92 Å². The Morgan fingerprint density at radius 1 is 1.45 bits per heavy atom. The first kappa shape index (κ1) is 15.7. The standard InChI is InChI=1S/C15H28N2O3/c1-15(14(18)19,16-13-5-6-13)7-8-17(2)10-12-4-3-9-20-11-12/h12-13,16H,3-11H2,1-2H3,(H,18,19). The molecule has 2 fully saturated rings. The molecule has 0 spiro atoms. The summed E-state index contributed by atoms with van der Waals surface area (Å²) < 4.78 is 5.49. The van der Waals surface area contributed by atoms with Crippen molar-refractivity contribution in [1.29, 1.82) is 0 Å². The Morgan fingerprint density at radius 2 is 2.20 bits per heavy atom. The van der Waals surface area contributed by atoms with Gasteiger partial charge >= 0.3 is 5.97 Å². The van der Waals surface area contributed by atoms with E-state index in [2.05, 4.69) is 17.3 Å². The molecule has 0 radical (unpaired) electrons. The molecule has 1 saturated carbocycles. The van der Waals surface area contributed by atoms with E-state index >= 15 is 0 Å². The topological polar surface area (TPSA) is 61.8 Å². The number of hydrogen-bond donors (Lipinski definition) is 2. The van der Waals surface area contributed by atoms with Crippen molar-refractivity contribution in [1.82, 2.24) is 10.2 Å². The minimum atomic E-state index is -0.793. The van der Waals surface area contributed by atoms with Crippen molar-refractivity contribution >= 4 is 5.97 Å². The molecule has 2 N–H and O–H groups in total. The fraction of sp³-hybridized carbons (Fsp3) is 0.933. The van der Waals surface area contributed by atoms with Crippen LogP contribution >= 0.6 is 0 Å². The molecule has 0 aromatic carbocycles. The minimum absolute atomic E-state index is 0.410. The third-order valence-corrected chi connectivity index (χ3v) is 4.39. The first-order valence-electron chi connectivity index (χ1n) is 7.77. The Balaban J connectivity index is 1.74. The summed E-state index contributed by atoms with van der Waals surface area (Å²) in [5, 5.41) is 12.7. The van der Waals surface area contributed by atoms with Gasteiger partial charge in [0.1, 0.15) is 5.54 Å². The predicted molar refractivity (Wildman–Crippen MR) is 77.9 cm³/mol. The summed E-state index contributed by atoms with van der Waals surface area (Å²) in [5.41, 5.74) is -0.793. The Hall–Kier alpha value is -0.650. The lowest BCUT2D eigenvalue weighted by Gasteiger charge is -2.31. The van der Waals surface area contributed by atoms with E-state index in [1.165, 1.54) is 6.42 Å². The molecule has 0 aromatic heterocycles. The van der Waals surface area contributed by atoms with E-state index in [4.69, 9.17) is 4.74 Å². The fourth-order valence-corrected chi connectivity index (χ4v) is 2.82. The maximum absolute atomic E-state index is 11.5. The molecule has 20 heavy (non-hydrogen) atoms. The lowest BCUT2D eigenvalue weighted by molar-refractivity contribution is -0.144.